The summed E-state index contributed by atoms with van der Waals surface area (Å²) in [6.45, 7) is 0.678. The van der Waals surface area contributed by atoms with Crippen molar-refractivity contribution in [2.45, 2.75) is 37.7 Å². The molecule has 0 N–H and O–H groups in total. The Balaban J connectivity index is 1.87. The minimum Gasteiger partial charge on any atom is -0.489 e. The van der Waals surface area contributed by atoms with Crippen molar-refractivity contribution in [1.82, 2.24) is 4.98 Å². The largest absolute Gasteiger partial charge is 0.489 e. The number of hydrogen-bond donors (Lipinski definition) is 0. The monoisotopic (exact) mass is 326 g/mol. The number of rotatable bonds is 4. The van der Waals surface area contributed by atoms with E-state index >= 15 is 0 Å². The summed E-state index contributed by atoms with van der Waals surface area (Å²) in [5.74, 6) is 0.588. The Kier molecular flexibility index (Phi) is 4.27. The maximum atomic E-state index is 12.9. The van der Waals surface area contributed by atoms with Crippen LogP contribution in [0.3, 0.4) is 0 Å². The van der Waals surface area contributed by atoms with Crippen molar-refractivity contribution in [2.24, 2.45) is 0 Å². The van der Waals surface area contributed by atoms with Crippen LogP contribution in [-0.4, -0.2) is 45.0 Å². The van der Waals surface area contributed by atoms with Crippen molar-refractivity contribution in [3.05, 3.63) is 18.5 Å². The quantitative estimate of drug-likeness (QED) is 0.846. The van der Waals surface area contributed by atoms with Crippen molar-refractivity contribution in [3.63, 3.8) is 0 Å². The van der Waals surface area contributed by atoms with Gasteiger partial charge in [-0.2, -0.15) is 0 Å². The van der Waals surface area contributed by atoms with E-state index in [4.69, 9.17) is 9.47 Å². The second-order valence-corrected chi connectivity index (χ2v) is 7.86. The Labute approximate surface area is 131 Å². The number of ether oxygens (including phenoxy) is 2. The Morgan fingerprint density at radius 1 is 1.36 bits per heavy atom. The van der Waals surface area contributed by atoms with E-state index in [-0.39, 0.29) is 5.75 Å². The summed E-state index contributed by atoms with van der Waals surface area (Å²) in [7, 11) is -1.86. The number of methoxy groups -OCH3 is 1. The molecular formula is C15H22N2O4S. The molecule has 1 aliphatic heterocycles. The number of hydrogen-bond acceptors (Lipinski definition) is 5. The molecule has 0 unspecified atom stereocenters. The van der Waals surface area contributed by atoms with E-state index in [1.807, 2.05) is 0 Å². The van der Waals surface area contributed by atoms with Gasteiger partial charge >= 0.3 is 0 Å². The topological polar surface area (TPSA) is 68.7 Å². The Morgan fingerprint density at radius 2 is 2.14 bits per heavy atom. The number of anilines is 1. The molecule has 22 heavy (non-hydrogen) atoms. The molecule has 0 aromatic carbocycles. The van der Waals surface area contributed by atoms with Gasteiger partial charge in [-0.3, -0.25) is 9.29 Å². The molecule has 2 heterocycles. The summed E-state index contributed by atoms with van der Waals surface area (Å²) < 4.78 is 38.5. The summed E-state index contributed by atoms with van der Waals surface area (Å²) in [4.78, 5) is 4.03. The lowest BCUT2D eigenvalue weighted by Crippen LogP contribution is -2.48. The van der Waals surface area contributed by atoms with E-state index < -0.39 is 15.6 Å². The van der Waals surface area contributed by atoms with Gasteiger partial charge in [0.05, 0.1) is 24.1 Å². The second-order valence-electron chi connectivity index (χ2n) is 5.97. The Bertz CT molecular complexity index is 626. The number of pyridine rings is 1. The van der Waals surface area contributed by atoms with Gasteiger partial charge in [-0.1, -0.05) is 19.3 Å². The Hall–Kier alpha value is -1.34. The predicted octanol–water partition coefficient (Wildman–Crippen LogP) is 1.96. The second kappa shape index (κ2) is 6.04. The average Bonchev–Trinajstić information content (AvgIpc) is 2.54. The van der Waals surface area contributed by atoms with Gasteiger partial charge in [0, 0.05) is 19.4 Å². The molecule has 1 fully saturated rings. The van der Waals surface area contributed by atoms with Gasteiger partial charge in [-0.05, 0) is 12.8 Å². The molecule has 0 saturated heterocycles. The molecule has 1 aromatic rings. The van der Waals surface area contributed by atoms with Crippen molar-refractivity contribution >= 4 is 15.7 Å². The van der Waals surface area contributed by atoms with Crippen LogP contribution in [0.5, 0.6) is 5.75 Å². The summed E-state index contributed by atoms with van der Waals surface area (Å²) >= 11 is 0. The zero-order chi connectivity index (χ0) is 15.6. The van der Waals surface area contributed by atoms with Crippen LogP contribution >= 0.6 is 0 Å². The standard InChI is InChI=1S/C15H22N2O4S/c1-20-15(6-3-2-4-7-15)12-22(18,19)17-9-10-21-14-5-8-16-11-13(14)17/h5,8,11H,2-4,6-7,9-10,12H2,1H3. The molecule has 2 aliphatic rings. The van der Waals surface area contributed by atoms with Gasteiger partial charge in [-0.15, -0.1) is 0 Å². The first kappa shape index (κ1) is 15.6. The van der Waals surface area contributed by atoms with Crippen LogP contribution in [0.15, 0.2) is 18.5 Å². The first-order valence-electron chi connectivity index (χ1n) is 7.69. The number of aromatic nitrogens is 1. The van der Waals surface area contributed by atoms with Crippen LogP contribution in [-0.2, 0) is 14.8 Å². The first-order valence-corrected chi connectivity index (χ1v) is 9.30. The van der Waals surface area contributed by atoms with Gasteiger partial charge < -0.3 is 9.47 Å². The molecule has 122 valence electrons. The van der Waals surface area contributed by atoms with E-state index in [2.05, 4.69) is 4.98 Å². The highest BCUT2D eigenvalue weighted by molar-refractivity contribution is 7.92. The summed E-state index contributed by atoms with van der Waals surface area (Å²) in [6.07, 6.45) is 7.93. The normalized spacial score (nSPS) is 21.0. The van der Waals surface area contributed by atoms with E-state index in [0.29, 0.717) is 24.6 Å². The highest BCUT2D eigenvalue weighted by Gasteiger charge is 2.40. The van der Waals surface area contributed by atoms with Gasteiger partial charge in [0.2, 0.25) is 10.0 Å². The maximum absolute atomic E-state index is 12.9. The number of nitrogens with zero attached hydrogens (tertiary/aromatic N) is 2. The molecule has 1 saturated carbocycles. The molecule has 1 aromatic heterocycles. The third-order valence-electron chi connectivity index (χ3n) is 4.56. The van der Waals surface area contributed by atoms with Crippen molar-refractivity contribution in [2.75, 3.05) is 30.3 Å². The average molecular weight is 326 g/mol. The van der Waals surface area contributed by atoms with Crippen molar-refractivity contribution in [3.8, 4) is 5.75 Å². The van der Waals surface area contributed by atoms with Gasteiger partial charge in [0.1, 0.15) is 18.0 Å². The lowest BCUT2D eigenvalue weighted by molar-refractivity contribution is -0.0203. The molecule has 1 aliphatic carbocycles. The first-order chi connectivity index (χ1) is 10.6. The molecular weight excluding hydrogens is 304 g/mol. The number of sulfonamides is 1. The van der Waals surface area contributed by atoms with Crippen LogP contribution in [0.25, 0.3) is 0 Å². The molecule has 0 spiro atoms. The molecule has 0 bridgehead atoms. The van der Waals surface area contributed by atoms with E-state index in [9.17, 15) is 8.42 Å². The fourth-order valence-electron chi connectivity index (χ4n) is 3.34. The molecule has 0 atom stereocenters. The lowest BCUT2D eigenvalue weighted by Gasteiger charge is -2.38. The van der Waals surface area contributed by atoms with Crippen LogP contribution in [0.1, 0.15) is 32.1 Å². The van der Waals surface area contributed by atoms with Gasteiger partial charge in [0.25, 0.3) is 0 Å². The van der Waals surface area contributed by atoms with Crippen LogP contribution in [0, 0.1) is 0 Å². The van der Waals surface area contributed by atoms with Gasteiger partial charge in [0.15, 0.2) is 0 Å². The van der Waals surface area contributed by atoms with E-state index in [0.717, 1.165) is 32.1 Å². The predicted molar refractivity (Wildman–Crippen MR) is 83.7 cm³/mol. The highest BCUT2D eigenvalue weighted by atomic mass is 32.2. The van der Waals surface area contributed by atoms with Crippen molar-refractivity contribution in [1.29, 1.82) is 0 Å². The van der Waals surface area contributed by atoms with E-state index in [1.165, 1.54) is 4.31 Å². The van der Waals surface area contributed by atoms with Crippen LogP contribution < -0.4 is 9.04 Å². The number of fused-ring (bicyclic) bond motifs is 1. The Morgan fingerprint density at radius 3 is 2.86 bits per heavy atom. The van der Waals surface area contributed by atoms with Gasteiger partial charge in [-0.25, -0.2) is 8.42 Å². The fraction of sp³-hybridized carbons (Fsp3) is 0.667. The lowest BCUT2D eigenvalue weighted by atomic mass is 9.86. The minimum atomic E-state index is -3.48. The highest BCUT2D eigenvalue weighted by Crippen LogP contribution is 2.36. The molecule has 0 radical (unpaired) electrons. The minimum absolute atomic E-state index is 0.0187. The molecule has 3 rings (SSSR count). The molecule has 6 nitrogen and oxygen atoms in total. The maximum Gasteiger partial charge on any atom is 0.238 e. The molecule has 0 amide bonds. The molecule has 7 heteroatoms. The summed E-state index contributed by atoms with van der Waals surface area (Å²) in [5, 5.41) is 0. The third-order valence-corrected chi connectivity index (χ3v) is 6.50. The zero-order valence-corrected chi connectivity index (χ0v) is 13.6. The van der Waals surface area contributed by atoms with Crippen LogP contribution in [0.2, 0.25) is 0 Å². The zero-order valence-electron chi connectivity index (χ0n) is 12.8. The SMILES string of the molecule is COC1(CS(=O)(=O)N2CCOc3ccncc32)CCCCC1. The fourth-order valence-corrected chi connectivity index (χ4v) is 5.36. The van der Waals surface area contributed by atoms with E-state index in [1.54, 1.807) is 25.6 Å². The van der Waals surface area contributed by atoms with Crippen LogP contribution in [0.4, 0.5) is 5.69 Å². The smallest absolute Gasteiger partial charge is 0.238 e. The third kappa shape index (κ3) is 2.92. The van der Waals surface area contributed by atoms with Crippen molar-refractivity contribution < 1.29 is 17.9 Å². The summed E-state index contributed by atoms with van der Waals surface area (Å²) in [5.41, 5.74) is -0.0339. The summed E-state index contributed by atoms with van der Waals surface area (Å²) in [6, 6.07) is 1.70.